The van der Waals surface area contributed by atoms with Gasteiger partial charge in [-0.25, -0.2) is 0 Å². The highest BCUT2D eigenvalue weighted by atomic mass is 16.2. The summed E-state index contributed by atoms with van der Waals surface area (Å²) >= 11 is 0. The molecular weight excluding hydrogens is 342 g/mol. The minimum absolute atomic E-state index is 0.0490. The highest BCUT2D eigenvalue weighted by molar-refractivity contribution is 5.87. The Kier molecular flexibility index (Phi) is 16.4. The van der Waals surface area contributed by atoms with Crippen LogP contribution in [0, 0.1) is 0 Å². The Morgan fingerprint density at radius 2 is 1.48 bits per heavy atom. The van der Waals surface area contributed by atoms with Crippen molar-refractivity contribution in [1.82, 2.24) is 10.6 Å². The standard InChI is InChI=1S/C20H41N5O2/c1-3-5-6-7-8-9-10-11-12-15-18(26)25-17(19(27)23-4-2)14-13-16-24-20(21)22/h17H,3-16H2,1-2H3,(H,23,27)(H,25,26)(H4,21,22,24)/p+1. The van der Waals surface area contributed by atoms with Crippen LogP contribution in [0.3, 0.4) is 0 Å². The zero-order valence-corrected chi connectivity index (χ0v) is 17.4. The maximum absolute atomic E-state index is 12.2. The summed E-state index contributed by atoms with van der Waals surface area (Å²) in [5, 5.41) is 5.64. The molecule has 0 saturated heterocycles. The van der Waals surface area contributed by atoms with E-state index < -0.39 is 6.04 Å². The molecule has 2 amide bonds. The van der Waals surface area contributed by atoms with Crippen molar-refractivity contribution in [3.63, 3.8) is 0 Å². The third-order valence-corrected chi connectivity index (χ3v) is 4.51. The highest BCUT2D eigenvalue weighted by Crippen LogP contribution is 2.10. The van der Waals surface area contributed by atoms with Crippen LogP contribution in [0.2, 0.25) is 0 Å². The van der Waals surface area contributed by atoms with Crippen LogP contribution in [0.5, 0.6) is 0 Å². The van der Waals surface area contributed by atoms with Crippen molar-refractivity contribution in [2.24, 2.45) is 11.5 Å². The fraction of sp³-hybridized carbons (Fsp3) is 0.850. The van der Waals surface area contributed by atoms with Crippen LogP contribution in [0.4, 0.5) is 0 Å². The minimum Gasteiger partial charge on any atom is -0.355 e. The number of carbonyl (C=O) groups is 2. The first-order chi connectivity index (χ1) is 13.0. The predicted molar refractivity (Wildman–Crippen MR) is 111 cm³/mol. The number of rotatable bonds is 17. The van der Waals surface area contributed by atoms with Crippen LogP contribution in [0.25, 0.3) is 0 Å². The molecule has 0 aliphatic heterocycles. The van der Waals surface area contributed by atoms with Gasteiger partial charge in [0, 0.05) is 13.0 Å². The number of guanidine groups is 1. The number of carbonyl (C=O) groups excluding carboxylic acids is 2. The van der Waals surface area contributed by atoms with Crippen LogP contribution in [0.1, 0.15) is 90.9 Å². The SMILES string of the molecule is CCCCCCCCCCCC(=O)NC(CCC[NH+]=C(N)N)C(=O)NCC. The van der Waals surface area contributed by atoms with Crippen molar-refractivity contribution in [3.8, 4) is 0 Å². The van der Waals surface area contributed by atoms with Crippen LogP contribution < -0.4 is 27.1 Å². The van der Waals surface area contributed by atoms with Crippen molar-refractivity contribution in [2.45, 2.75) is 96.9 Å². The van der Waals surface area contributed by atoms with Crippen molar-refractivity contribution in [3.05, 3.63) is 0 Å². The molecule has 158 valence electrons. The molecule has 1 atom stereocenters. The Hall–Kier alpha value is -1.79. The lowest BCUT2D eigenvalue weighted by atomic mass is 10.1. The molecule has 0 rings (SSSR count). The molecule has 0 spiro atoms. The van der Waals surface area contributed by atoms with Crippen molar-refractivity contribution in [1.29, 1.82) is 0 Å². The normalized spacial score (nSPS) is 11.6. The van der Waals surface area contributed by atoms with Gasteiger partial charge in [-0.1, -0.05) is 58.3 Å². The zero-order chi connectivity index (χ0) is 20.3. The first-order valence-corrected chi connectivity index (χ1v) is 10.7. The van der Waals surface area contributed by atoms with E-state index >= 15 is 0 Å². The number of nitrogens with one attached hydrogen (secondary N) is 3. The Balaban J connectivity index is 3.99. The number of amides is 2. The van der Waals surface area contributed by atoms with E-state index in [1.165, 1.54) is 44.9 Å². The first-order valence-electron chi connectivity index (χ1n) is 10.7. The van der Waals surface area contributed by atoms with Crippen molar-refractivity contribution < 1.29 is 14.6 Å². The smallest absolute Gasteiger partial charge is 0.338 e. The molecule has 7 N–H and O–H groups in total. The van der Waals surface area contributed by atoms with Gasteiger partial charge in [0.15, 0.2) is 0 Å². The summed E-state index contributed by atoms with van der Waals surface area (Å²) in [6.45, 7) is 5.22. The molecule has 0 saturated carbocycles. The van der Waals surface area contributed by atoms with Crippen molar-refractivity contribution >= 4 is 17.8 Å². The van der Waals surface area contributed by atoms with Gasteiger partial charge < -0.3 is 10.6 Å². The Bertz CT molecular complexity index is 423. The van der Waals surface area contributed by atoms with E-state index in [1.54, 1.807) is 0 Å². The van der Waals surface area contributed by atoms with Crippen LogP contribution in [0.15, 0.2) is 0 Å². The molecule has 0 bridgehead atoms. The lowest BCUT2D eigenvalue weighted by Gasteiger charge is -2.17. The molecule has 0 aromatic rings. The first kappa shape index (κ1) is 25.2. The van der Waals surface area contributed by atoms with Gasteiger partial charge in [-0.2, -0.15) is 0 Å². The molecule has 27 heavy (non-hydrogen) atoms. The number of likely N-dealkylation sites (N-methyl/N-ethyl adjacent to an activating group) is 1. The number of nitrogens with two attached hydrogens (primary N) is 2. The molecule has 1 unspecified atom stereocenters. The molecule has 0 heterocycles. The second kappa shape index (κ2) is 17.6. The van der Waals surface area contributed by atoms with Gasteiger partial charge >= 0.3 is 5.96 Å². The van der Waals surface area contributed by atoms with Crippen molar-refractivity contribution in [2.75, 3.05) is 13.1 Å². The molecule has 7 nitrogen and oxygen atoms in total. The van der Waals surface area contributed by atoms with E-state index in [1.807, 2.05) is 6.92 Å². The lowest BCUT2D eigenvalue weighted by Crippen LogP contribution is -2.78. The van der Waals surface area contributed by atoms with E-state index in [0.29, 0.717) is 32.4 Å². The summed E-state index contributed by atoms with van der Waals surface area (Å²) in [5.41, 5.74) is 10.7. The van der Waals surface area contributed by atoms with E-state index in [9.17, 15) is 9.59 Å². The fourth-order valence-electron chi connectivity index (χ4n) is 2.97. The lowest BCUT2D eigenvalue weighted by molar-refractivity contribution is -0.459. The van der Waals surface area contributed by atoms with E-state index in [4.69, 9.17) is 11.5 Å². The molecule has 0 aliphatic carbocycles. The summed E-state index contributed by atoms with van der Waals surface area (Å²) in [6.07, 6.45) is 12.7. The van der Waals surface area contributed by atoms with E-state index in [0.717, 1.165) is 12.8 Å². The highest BCUT2D eigenvalue weighted by Gasteiger charge is 2.19. The average Bonchev–Trinajstić information content (AvgIpc) is 2.62. The number of hydrogen-bond acceptors (Lipinski definition) is 2. The zero-order valence-electron chi connectivity index (χ0n) is 17.4. The van der Waals surface area contributed by atoms with Crippen LogP contribution in [-0.4, -0.2) is 36.9 Å². The molecule has 0 radical (unpaired) electrons. The van der Waals surface area contributed by atoms with Gasteiger partial charge in [-0.15, -0.1) is 0 Å². The molecular formula is C20H42N5O2+. The largest absolute Gasteiger partial charge is 0.355 e. The summed E-state index contributed by atoms with van der Waals surface area (Å²) in [6, 6.07) is -0.503. The van der Waals surface area contributed by atoms with E-state index in [2.05, 4.69) is 22.5 Å². The fourth-order valence-corrected chi connectivity index (χ4v) is 2.97. The van der Waals surface area contributed by atoms with E-state index in [-0.39, 0.29) is 17.8 Å². The summed E-state index contributed by atoms with van der Waals surface area (Å²) < 4.78 is 0. The Morgan fingerprint density at radius 3 is 2.04 bits per heavy atom. The van der Waals surface area contributed by atoms with Gasteiger partial charge in [0.25, 0.3) is 0 Å². The molecule has 0 aliphatic rings. The summed E-state index contributed by atoms with van der Waals surface area (Å²) in [5.74, 6) is -0.0198. The number of hydrogen-bond donors (Lipinski definition) is 5. The minimum atomic E-state index is -0.503. The third-order valence-electron chi connectivity index (χ3n) is 4.51. The predicted octanol–water partition coefficient (Wildman–Crippen LogP) is 0.662. The maximum atomic E-state index is 12.2. The monoisotopic (exact) mass is 384 g/mol. The second-order valence-electron chi connectivity index (χ2n) is 7.12. The molecule has 0 aromatic heterocycles. The van der Waals surface area contributed by atoms with Gasteiger partial charge in [-0.05, 0) is 26.2 Å². The van der Waals surface area contributed by atoms with Gasteiger partial charge in [0.05, 0.1) is 6.54 Å². The molecule has 0 fully saturated rings. The third kappa shape index (κ3) is 16.1. The summed E-state index contributed by atoms with van der Waals surface area (Å²) in [7, 11) is 0. The topological polar surface area (TPSA) is 124 Å². The maximum Gasteiger partial charge on any atom is 0.338 e. The van der Waals surface area contributed by atoms with Crippen LogP contribution in [-0.2, 0) is 9.59 Å². The Morgan fingerprint density at radius 1 is 0.889 bits per heavy atom. The van der Waals surface area contributed by atoms with Gasteiger partial charge in [-0.3, -0.25) is 26.0 Å². The average molecular weight is 385 g/mol. The van der Waals surface area contributed by atoms with Gasteiger partial charge in [0.2, 0.25) is 11.8 Å². The second-order valence-corrected chi connectivity index (χ2v) is 7.12. The van der Waals surface area contributed by atoms with Gasteiger partial charge in [0.1, 0.15) is 6.04 Å². The summed E-state index contributed by atoms with van der Waals surface area (Å²) in [4.78, 5) is 27.1. The molecule has 0 aromatic carbocycles. The quantitative estimate of drug-likeness (QED) is 0.144. The number of unbranched alkanes of at least 4 members (excludes halogenated alkanes) is 8. The van der Waals surface area contributed by atoms with Crippen LogP contribution >= 0.6 is 0 Å². The molecule has 7 heteroatoms. The Labute approximate surface area is 165 Å².